The summed E-state index contributed by atoms with van der Waals surface area (Å²) in [4.78, 5) is 4.62. The Morgan fingerprint density at radius 1 is 1.03 bits per heavy atom. The van der Waals surface area contributed by atoms with Crippen LogP contribution in [0.15, 0.2) is 77.9 Å². The van der Waals surface area contributed by atoms with Gasteiger partial charge in [0, 0.05) is 17.1 Å². The Bertz CT molecular complexity index is 1140. The standard InChI is InChI=1S/C23H21ClN4O/c1-2-28-21-9-5-4-8-20(21)26-23(28)27-25-15-18-7-3-6-10-22(18)29-16-17-11-13-19(24)14-12-17/h3-15H,2,16H2,1H3,(H,26,27)/b25-15-. The molecule has 0 saturated heterocycles. The van der Waals surface area contributed by atoms with Gasteiger partial charge in [0.15, 0.2) is 0 Å². The zero-order valence-electron chi connectivity index (χ0n) is 16.0. The summed E-state index contributed by atoms with van der Waals surface area (Å²) >= 11 is 5.94. The molecule has 0 aliphatic rings. The quantitative estimate of drug-likeness (QED) is 0.316. The first-order valence-corrected chi connectivity index (χ1v) is 9.83. The number of nitrogens with zero attached hydrogens (tertiary/aromatic N) is 3. The van der Waals surface area contributed by atoms with Crippen LogP contribution in [-0.2, 0) is 13.2 Å². The highest BCUT2D eigenvalue weighted by atomic mass is 35.5. The summed E-state index contributed by atoms with van der Waals surface area (Å²) in [6.07, 6.45) is 1.75. The van der Waals surface area contributed by atoms with Gasteiger partial charge in [-0.05, 0) is 48.9 Å². The lowest BCUT2D eigenvalue weighted by atomic mass is 10.2. The summed E-state index contributed by atoms with van der Waals surface area (Å²) in [5, 5.41) is 5.10. The Hall–Kier alpha value is -3.31. The first kappa shape index (κ1) is 19.0. The van der Waals surface area contributed by atoms with Gasteiger partial charge < -0.3 is 9.30 Å². The maximum Gasteiger partial charge on any atom is 0.224 e. The number of hydrogen-bond donors (Lipinski definition) is 1. The lowest BCUT2D eigenvalue weighted by Crippen LogP contribution is -2.02. The number of halogens is 1. The smallest absolute Gasteiger partial charge is 0.224 e. The van der Waals surface area contributed by atoms with Crippen molar-refractivity contribution in [3.8, 4) is 5.75 Å². The van der Waals surface area contributed by atoms with Crippen LogP contribution in [0.25, 0.3) is 11.0 Å². The molecular weight excluding hydrogens is 384 g/mol. The fourth-order valence-electron chi connectivity index (χ4n) is 3.10. The molecule has 0 radical (unpaired) electrons. The van der Waals surface area contributed by atoms with E-state index < -0.39 is 0 Å². The van der Waals surface area contributed by atoms with Crippen LogP contribution in [0.3, 0.4) is 0 Å². The molecule has 0 unspecified atom stereocenters. The van der Waals surface area contributed by atoms with Crippen molar-refractivity contribution in [3.05, 3.63) is 88.9 Å². The minimum absolute atomic E-state index is 0.459. The second-order valence-electron chi connectivity index (χ2n) is 6.49. The zero-order chi connectivity index (χ0) is 20.1. The summed E-state index contributed by atoms with van der Waals surface area (Å²) < 4.78 is 8.07. The number of para-hydroxylation sites is 3. The molecule has 0 bridgehead atoms. The predicted molar refractivity (Wildman–Crippen MR) is 119 cm³/mol. The van der Waals surface area contributed by atoms with Crippen molar-refractivity contribution in [2.24, 2.45) is 5.10 Å². The van der Waals surface area contributed by atoms with Gasteiger partial charge in [-0.2, -0.15) is 5.10 Å². The van der Waals surface area contributed by atoms with E-state index in [2.05, 4.69) is 33.1 Å². The van der Waals surface area contributed by atoms with E-state index in [4.69, 9.17) is 16.3 Å². The highest BCUT2D eigenvalue weighted by Crippen LogP contribution is 2.21. The van der Waals surface area contributed by atoms with Gasteiger partial charge in [0.25, 0.3) is 0 Å². The molecule has 1 aromatic heterocycles. The van der Waals surface area contributed by atoms with E-state index in [0.717, 1.165) is 34.5 Å². The average Bonchev–Trinajstić information content (AvgIpc) is 3.11. The molecule has 4 aromatic rings. The summed E-state index contributed by atoms with van der Waals surface area (Å²) in [5.41, 5.74) is 7.02. The molecule has 0 saturated carbocycles. The SMILES string of the molecule is CCn1c(N/N=C\c2ccccc2OCc2ccc(Cl)cc2)nc2ccccc21. The highest BCUT2D eigenvalue weighted by molar-refractivity contribution is 6.30. The first-order valence-electron chi connectivity index (χ1n) is 9.45. The summed E-state index contributed by atoms with van der Waals surface area (Å²) in [7, 11) is 0. The maximum absolute atomic E-state index is 5.98. The Kier molecular flexibility index (Phi) is 5.77. The maximum atomic E-state index is 5.98. The number of fused-ring (bicyclic) bond motifs is 1. The Morgan fingerprint density at radius 3 is 2.62 bits per heavy atom. The van der Waals surface area contributed by atoms with Gasteiger partial charge in [0.05, 0.1) is 17.2 Å². The molecule has 1 heterocycles. The number of benzene rings is 3. The molecule has 0 atom stereocenters. The molecule has 0 spiro atoms. The lowest BCUT2D eigenvalue weighted by molar-refractivity contribution is 0.306. The minimum Gasteiger partial charge on any atom is -0.488 e. The van der Waals surface area contributed by atoms with Crippen molar-refractivity contribution in [1.29, 1.82) is 0 Å². The predicted octanol–water partition coefficient (Wildman–Crippen LogP) is 5.73. The molecule has 0 fully saturated rings. The van der Waals surface area contributed by atoms with Crippen LogP contribution in [0, 0.1) is 0 Å². The van der Waals surface area contributed by atoms with Crippen LogP contribution in [0.4, 0.5) is 5.95 Å². The van der Waals surface area contributed by atoms with E-state index in [-0.39, 0.29) is 0 Å². The molecule has 29 heavy (non-hydrogen) atoms. The topological polar surface area (TPSA) is 51.4 Å². The van der Waals surface area contributed by atoms with Crippen molar-refractivity contribution < 1.29 is 4.74 Å². The van der Waals surface area contributed by atoms with E-state index in [1.807, 2.05) is 66.7 Å². The van der Waals surface area contributed by atoms with Gasteiger partial charge in [-0.25, -0.2) is 10.4 Å². The van der Waals surface area contributed by atoms with E-state index in [0.29, 0.717) is 17.6 Å². The molecule has 0 aliphatic heterocycles. The number of hydrogen-bond acceptors (Lipinski definition) is 4. The molecular formula is C23H21ClN4O. The number of rotatable bonds is 7. The van der Waals surface area contributed by atoms with Crippen molar-refractivity contribution in [3.63, 3.8) is 0 Å². The van der Waals surface area contributed by atoms with E-state index >= 15 is 0 Å². The molecule has 1 N–H and O–H groups in total. The first-order chi connectivity index (χ1) is 14.2. The number of aromatic nitrogens is 2. The molecule has 0 amide bonds. The van der Waals surface area contributed by atoms with Crippen LogP contribution >= 0.6 is 11.6 Å². The lowest BCUT2D eigenvalue weighted by Gasteiger charge is -2.09. The number of imidazole rings is 1. The van der Waals surface area contributed by atoms with E-state index in [1.165, 1.54) is 0 Å². The Balaban J connectivity index is 1.48. The summed E-state index contributed by atoms with van der Waals surface area (Å²) in [5.74, 6) is 1.47. The van der Waals surface area contributed by atoms with Gasteiger partial charge >= 0.3 is 0 Å². The van der Waals surface area contributed by atoms with Crippen LogP contribution in [0.5, 0.6) is 5.75 Å². The van der Waals surface area contributed by atoms with Gasteiger partial charge in [-0.3, -0.25) is 0 Å². The molecule has 4 rings (SSSR count). The van der Waals surface area contributed by atoms with Crippen LogP contribution in [0.1, 0.15) is 18.1 Å². The third-order valence-electron chi connectivity index (χ3n) is 4.57. The number of aryl methyl sites for hydroxylation is 1. The largest absolute Gasteiger partial charge is 0.488 e. The monoisotopic (exact) mass is 404 g/mol. The zero-order valence-corrected chi connectivity index (χ0v) is 16.8. The van der Waals surface area contributed by atoms with Gasteiger partial charge in [0.1, 0.15) is 12.4 Å². The summed E-state index contributed by atoms with van der Waals surface area (Å²) in [6, 6.07) is 23.5. The number of anilines is 1. The van der Waals surface area contributed by atoms with Gasteiger partial charge in [0.2, 0.25) is 5.95 Å². The second-order valence-corrected chi connectivity index (χ2v) is 6.93. The third kappa shape index (κ3) is 4.41. The Labute approximate surface area is 174 Å². The summed E-state index contributed by atoms with van der Waals surface area (Å²) in [6.45, 7) is 3.35. The fraction of sp³-hybridized carbons (Fsp3) is 0.130. The van der Waals surface area contributed by atoms with Crippen molar-refractivity contribution in [1.82, 2.24) is 9.55 Å². The second kappa shape index (κ2) is 8.80. The molecule has 146 valence electrons. The van der Waals surface area contributed by atoms with Crippen molar-refractivity contribution in [2.45, 2.75) is 20.1 Å². The van der Waals surface area contributed by atoms with Crippen molar-refractivity contribution in [2.75, 3.05) is 5.43 Å². The average molecular weight is 405 g/mol. The van der Waals surface area contributed by atoms with Crippen LogP contribution in [0.2, 0.25) is 5.02 Å². The minimum atomic E-state index is 0.459. The number of hydrazone groups is 1. The number of ether oxygens (including phenoxy) is 1. The Morgan fingerprint density at radius 2 is 1.79 bits per heavy atom. The van der Waals surface area contributed by atoms with Gasteiger partial charge in [-0.15, -0.1) is 0 Å². The normalized spacial score (nSPS) is 11.2. The van der Waals surface area contributed by atoms with Crippen molar-refractivity contribution >= 4 is 34.8 Å². The van der Waals surface area contributed by atoms with Crippen LogP contribution in [-0.4, -0.2) is 15.8 Å². The molecule has 3 aromatic carbocycles. The van der Waals surface area contributed by atoms with Crippen LogP contribution < -0.4 is 10.2 Å². The highest BCUT2D eigenvalue weighted by Gasteiger charge is 2.08. The third-order valence-corrected chi connectivity index (χ3v) is 4.82. The molecule has 6 heteroatoms. The molecule has 0 aliphatic carbocycles. The van der Waals surface area contributed by atoms with Gasteiger partial charge in [-0.1, -0.05) is 48.0 Å². The van der Waals surface area contributed by atoms with E-state index in [9.17, 15) is 0 Å². The van der Waals surface area contributed by atoms with E-state index in [1.54, 1.807) is 6.21 Å². The fourth-order valence-corrected chi connectivity index (χ4v) is 3.23. The number of nitrogens with one attached hydrogen (secondary N) is 1. The molecule has 5 nitrogen and oxygen atoms in total.